The fourth-order valence-corrected chi connectivity index (χ4v) is 2.32. The van der Waals surface area contributed by atoms with Crippen LogP contribution in [0, 0.1) is 11.6 Å². The molecule has 0 aliphatic carbocycles. The van der Waals surface area contributed by atoms with Crippen molar-refractivity contribution in [1.82, 2.24) is 0 Å². The van der Waals surface area contributed by atoms with Gasteiger partial charge in [-0.3, -0.25) is 4.21 Å². The number of halogens is 2. The molecule has 0 bridgehead atoms. The van der Waals surface area contributed by atoms with E-state index < -0.39 is 22.4 Å². The van der Waals surface area contributed by atoms with Gasteiger partial charge in [-0.1, -0.05) is 12.2 Å². The van der Waals surface area contributed by atoms with Gasteiger partial charge in [-0.25, -0.2) is 8.78 Å². The van der Waals surface area contributed by atoms with Crippen LogP contribution in [0.25, 0.3) is 0 Å². The van der Waals surface area contributed by atoms with Gasteiger partial charge >= 0.3 is 0 Å². The molecule has 7 heteroatoms. The second kappa shape index (κ2) is 6.91. The van der Waals surface area contributed by atoms with Crippen LogP contribution in [0.2, 0.25) is 0 Å². The van der Waals surface area contributed by atoms with Gasteiger partial charge in [0.05, 0.1) is 0 Å². The summed E-state index contributed by atoms with van der Waals surface area (Å²) < 4.78 is 38.5. The Morgan fingerprint density at radius 2 is 2.00 bits per heavy atom. The van der Waals surface area contributed by atoms with E-state index in [0.29, 0.717) is 12.2 Å². The Kier molecular flexibility index (Phi) is 5.81. The average molecular weight is 306 g/mol. The normalized spacial score (nSPS) is 13.9. The van der Waals surface area contributed by atoms with Gasteiger partial charge in [0.25, 0.3) is 0 Å². The minimum Gasteiger partial charge on any atom is -0.389 e. The first kappa shape index (κ1) is 16.0. The van der Waals surface area contributed by atoms with Gasteiger partial charge in [-0.05, 0) is 25.5 Å². The van der Waals surface area contributed by atoms with Gasteiger partial charge in [-0.15, -0.1) is 0 Å². The quantitative estimate of drug-likeness (QED) is 0.791. The third-order valence-electron chi connectivity index (χ3n) is 2.56. The van der Waals surface area contributed by atoms with Gasteiger partial charge in [0.2, 0.25) is 0 Å². The van der Waals surface area contributed by atoms with Crippen molar-refractivity contribution in [3.8, 4) is 0 Å². The number of benzene rings is 1. The maximum Gasteiger partial charge on any atom is 0.150 e. The van der Waals surface area contributed by atoms with E-state index in [4.69, 9.17) is 5.73 Å². The second-order valence-corrected chi connectivity index (χ2v) is 6.28. The Balaban J connectivity index is 2.84. The second-order valence-electron chi connectivity index (χ2n) is 4.29. The molecule has 0 aliphatic rings. The summed E-state index contributed by atoms with van der Waals surface area (Å²) in [5.74, 6) is -1.01. The molecule has 1 aromatic carbocycles. The van der Waals surface area contributed by atoms with E-state index in [-0.39, 0.29) is 22.3 Å². The molecule has 0 radical (unpaired) electrons. The molecule has 0 saturated carbocycles. The molecule has 0 heterocycles. The Morgan fingerprint density at radius 3 is 2.42 bits per heavy atom. The van der Waals surface area contributed by atoms with Crippen molar-refractivity contribution < 1.29 is 13.0 Å². The molecule has 1 rings (SSSR count). The Bertz CT molecular complexity index is 485. The molecule has 2 unspecified atom stereocenters. The molecule has 1 aromatic rings. The predicted molar refractivity (Wildman–Crippen MR) is 78.9 cm³/mol. The van der Waals surface area contributed by atoms with E-state index in [1.54, 1.807) is 13.2 Å². The summed E-state index contributed by atoms with van der Waals surface area (Å²) >= 11 is 4.67. The number of rotatable bonds is 6. The monoisotopic (exact) mass is 306 g/mol. The zero-order valence-electron chi connectivity index (χ0n) is 10.7. The standard InChI is InChI=1S/C12H16F2N2OS2/c1-7(3-4-19(2)17)16-11-9(13)5-8(12(15)18)6-10(11)14/h5-7,16H,3-4H2,1-2H3,(H2,15,18). The molecule has 0 amide bonds. The van der Waals surface area contributed by atoms with Crippen LogP contribution >= 0.6 is 12.2 Å². The highest BCUT2D eigenvalue weighted by Crippen LogP contribution is 2.22. The number of hydrogen-bond donors (Lipinski definition) is 2. The topological polar surface area (TPSA) is 55.1 Å². The molecular formula is C12H16F2N2OS2. The summed E-state index contributed by atoms with van der Waals surface area (Å²) in [6, 6.07) is 2.00. The summed E-state index contributed by atoms with van der Waals surface area (Å²) in [6.07, 6.45) is 2.14. The lowest BCUT2D eigenvalue weighted by Crippen LogP contribution is -2.20. The van der Waals surface area contributed by atoms with Crippen molar-refractivity contribution in [3.05, 3.63) is 29.3 Å². The molecule has 2 atom stereocenters. The van der Waals surface area contributed by atoms with Crippen LogP contribution < -0.4 is 11.1 Å². The summed E-state index contributed by atoms with van der Waals surface area (Å²) in [5, 5.41) is 2.73. The van der Waals surface area contributed by atoms with Crippen molar-refractivity contribution >= 4 is 33.7 Å². The van der Waals surface area contributed by atoms with Crippen LogP contribution in [-0.2, 0) is 10.8 Å². The summed E-state index contributed by atoms with van der Waals surface area (Å²) in [5.41, 5.74) is 5.27. The maximum absolute atomic E-state index is 13.8. The van der Waals surface area contributed by atoms with Crippen LogP contribution in [0.15, 0.2) is 12.1 Å². The van der Waals surface area contributed by atoms with Gasteiger partial charge < -0.3 is 11.1 Å². The average Bonchev–Trinajstić information content (AvgIpc) is 2.30. The van der Waals surface area contributed by atoms with Crippen LogP contribution in [0.1, 0.15) is 18.9 Å². The zero-order valence-corrected chi connectivity index (χ0v) is 12.3. The fraction of sp³-hybridized carbons (Fsp3) is 0.417. The molecule has 0 saturated heterocycles. The Morgan fingerprint density at radius 1 is 1.47 bits per heavy atom. The highest BCUT2D eigenvalue weighted by Gasteiger charge is 2.14. The van der Waals surface area contributed by atoms with Gasteiger partial charge in [0.15, 0.2) is 0 Å². The number of nitrogens with one attached hydrogen (secondary N) is 1. The lowest BCUT2D eigenvalue weighted by atomic mass is 10.1. The Labute approximate surface area is 119 Å². The van der Waals surface area contributed by atoms with E-state index in [9.17, 15) is 13.0 Å². The van der Waals surface area contributed by atoms with Crippen molar-refractivity contribution in [3.63, 3.8) is 0 Å². The number of anilines is 1. The predicted octanol–water partition coefficient (Wildman–Crippen LogP) is 2.17. The highest BCUT2D eigenvalue weighted by atomic mass is 32.2. The van der Waals surface area contributed by atoms with Crippen molar-refractivity contribution in [2.24, 2.45) is 5.73 Å². The smallest absolute Gasteiger partial charge is 0.150 e. The van der Waals surface area contributed by atoms with Crippen LogP contribution in [-0.4, -0.2) is 27.2 Å². The first-order valence-electron chi connectivity index (χ1n) is 5.66. The van der Waals surface area contributed by atoms with Gasteiger partial charge in [0, 0.05) is 34.4 Å². The van der Waals surface area contributed by atoms with E-state index >= 15 is 0 Å². The van der Waals surface area contributed by atoms with Gasteiger partial charge in [0.1, 0.15) is 22.3 Å². The summed E-state index contributed by atoms with van der Waals surface area (Å²) in [6.45, 7) is 1.77. The Hall–Kier alpha value is -1.08. The van der Waals surface area contributed by atoms with Crippen molar-refractivity contribution in [2.45, 2.75) is 19.4 Å². The molecular weight excluding hydrogens is 290 g/mol. The SMILES string of the molecule is CC(CCS(C)=O)Nc1c(F)cc(C(N)=S)cc1F. The first-order valence-corrected chi connectivity index (χ1v) is 7.80. The van der Waals surface area contributed by atoms with Crippen LogP contribution in [0.4, 0.5) is 14.5 Å². The number of thiocarbonyl (C=S) groups is 1. The van der Waals surface area contributed by atoms with Crippen LogP contribution in [0.3, 0.4) is 0 Å². The zero-order chi connectivity index (χ0) is 14.6. The van der Waals surface area contributed by atoms with Crippen molar-refractivity contribution in [1.29, 1.82) is 0 Å². The number of hydrogen-bond acceptors (Lipinski definition) is 3. The molecule has 3 nitrogen and oxygen atoms in total. The third kappa shape index (κ3) is 4.83. The van der Waals surface area contributed by atoms with Gasteiger partial charge in [-0.2, -0.15) is 0 Å². The molecule has 0 aliphatic heterocycles. The largest absolute Gasteiger partial charge is 0.389 e. The molecule has 106 valence electrons. The molecule has 19 heavy (non-hydrogen) atoms. The van der Waals surface area contributed by atoms with E-state index in [0.717, 1.165) is 12.1 Å². The van der Waals surface area contributed by atoms with Crippen LogP contribution in [0.5, 0.6) is 0 Å². The molecule has 0 fully saturated rings. The summed E-state index contributed by atoms with van der Waals surface area (Å²) in [7, 11) is -0.926. The van der Waals surface area contributed by atoms with Crippen molar-refractivity contribution in [2.75, 3.05) is 17.3 Å². The first-order chi connectivity index (χ1) is 8.81. The fourth-order valence-electron chi connectivity index (χ4n) is 1.51. The molecule has 0 spiro atoms. The van der Waals surface area contributed by atoms with E-state index in [2.05, 4.69) is 17.5 Å². The lowest BCUT2D eigenvalue weighted by Gasteiger charge is -2.16. The third-order valence-corrected chi connectivity index (χ3v) is 3.60. The minimum absolute atomic E-state index is 0.0567. The van der Waals surface area contributed by atoms with E-state index in [1.807, 2.05) is 0 Å². The lowest BCUT2D eigenvalue weighted by molar-refractivity contribution is 0.581. The molecule has 0 aromatic heterocycles. The van der Waals surface area contributed by atoms with E-state index in [1.165, 1.54) is 0 Å². The molecule has 3 N–H and O–H groups in total. The number of nitrogens with two attached hydrogens (primary N) is 1. The minimum atomic E-state index is -0.926. The highest BCUT2D eigenvalue weighted by molar-refractivity contribution is 7.84. The summed E-state index contributed by atoms with van der Waals surface area (Å²) in [4.78, 5) is -0.0567. The maximum atomic E-state index is 13.8.